The molecule has 1 spiro atoms. The van der Waals surface area contributed by atoms with Gasteiger partial charge in [-0.05, 0) is 50.2 Å². The Morgan fingerprint density at radius 2 is 1.93 bits per heavy atom. The molecule has 2 fully saturated rings. The second-order valence-corrected chi connectivity index (χ2v) is 7.54. The molecule has 2 aromatic rings. The van der Waals surface area contributed by atoms with Gasteiger partial charge in [-0.3, -0.25) is 9.59 Å². The van der Waals surface area contributed by atoms with Crippen molar-refractivity contribution in [1.29, 1.82) is 0 Å². The lowest BCUT2D eigenvalue weighted by molar-refractivity contribution is -0.134. The van der Waals surface area contributed by atoms with E-state index in [2.05, 4.69) is 15.5 Å². The number of hydrogen-bond donors (Lipinski definition) is 1. The summed E-state index contributed by atoms with van der Waals surface area (Å²) in [6, 6.07) is 2.77. The van der Waals surface area contributed by atoms with Gasteiger partial charge in [0, 0.05) is 13.1 Å². The maximum atomic E-state index is 13.8. The fourth-order valence-electron chi connectivity index (χ4n) is 3.57. The van der Waals surface area contributed by atoms with E-state index in [0.29, 0.717) is 18.5 Å². The summed E-state index contributed by atoms with van der Waals surface area (Å²) in [5.74, 6) is -3.75. The molecule has 148 valence electrons. The number of nitrogens with one attached hydrogen (secondary N) is 1. The van der Waals surface area contributed by atoms with E-state index >= 15 is 0 Å². The summed E-state index contributed by atoms with van der Waals surface area (Å²) in [5.41, 5.74) is 0.217. The number of carbonyl (C=O) groups excluding carboxylic acids is 2. The number of amides is 2. The van der Waals surface area contributed by atoms with Gasteiger partial charge in [-0.1, -0.05) is 11.2 Å². The monoisotopic (exact) mass is 390 g/mol. The van der Waals surface area contributed by atoms with E-state index < -0.39 is 23.6 Å². The highest BCUT2D eigenvalue weighted by Crippen LogP contribution is 2.53. The molecule has 4 rings (SSSR count). The van der Waals surface area contributed by atoms with Gasteiger partial charge in [-0.2, -0.15) is 4.98 Å². The van der Waals surface area contributed by atoms with Gasteiger partial charge in [0.2, 0.25) is 5.91 Å². The third-order valence-corrected chi connectivity index (χ3v) is 5.62. The van der Waals surface area contributed by atoms with Crippen LogP contribution in [0.4, 0.5) is 8.78 Å². The quantitative estimate of drug-likeness (QED) is 0.867. The Labute approximate surface area is 160 Å². The van der Waals surface area contributed by atoms with Crippen molar-refractivity contribution in [2.75, 3.05) is 13.1 Å². The van der Waals surface area contributed by atoms with Crippen LogP contribution in [0, 0.1) is 17.0 Å². The molecule has 1 aromatic carbocycles. The summed E-state index contributed by atoms with van der Waals surface area (Å²) in [5, 5.41) is 6.04. The van der Waals surface area contributed by atoms with Crippen LogP contribution >= 0.6 is 0 Å². The predicted octanol–water partition coefficient (Wildman–Crippen LogP) is 2.54. The summed E-state index contributed by atoms with van der Waals surface area (Å²) in [6.45, 7) is 2.99. The van der Waals surface area contributed by atoms with Gasteiger partial charge in [0.25, 0.3) is 17.6 Å². The lowest BCUT2D eigenvalue weighted by atomic mass is 9.93. The molecular weight excluding hydrogens is 370 g/mol. The van der Waals surface area contributed by atoms with Crippen molar-refractivity contribution in [3.63, 3.8) is 0 Å². The number of halogens is 2. The van der Waals surface area contributed by atoms with Crippen molar-refractivity contribution in [3.05, 3.63) is 35.7 Å². The largest absolute Gasteiger partial charge is 0.341 e. The topological polar surface area (TPSA) is 88.3 Å². The average Bonchev–Trinajstić information content (AvgIpc) is 3.25. The molecule has 1 N–H and O–H groups in total. The molecular formula is C19H20F2N4O3. The van der Waals surface area contributed by atoms with E-state index in [4.69, 9.17) is 4.52 Å². The summed E-state index contributed by atoms with van der Waals surface area (Å²) < 4.78 is 32.0. The Hall–Kier alpha value is -2.84. The zero-order valence-electron chi connectivity index (χ0n) is 15.4. The zero-order chi connectivity index (χ0) is 19.9. The molecule has 1 atom stereocenters. The number of carbonyl (C=O) groups is 2. The number of benzene rings is 1. The minimum Gasteiger partial charge on any atom is -0.341 e. The molecule has 28 heavy (non-hydrogen) atoms. The maximum Gasteiger partial charge on any atom is 0.293 e. The summed E-state index contributed by atoms with van der Waals surface area (Å²) in [7, 11) is 0. The lowest BCUT2D eigenvalue weighted by Gasteiger charge is -2.33. The lowest BCUT2D eigenvalue weighted by Crippen LogP contribution is -2.49. The van der Waals surface area contributed by atoms with E-state index in [-0.39, 0.29) is 23.2 Å². The van der Waals surface area contributed by atoms with Crippen LogP contribution in [0.3, 0.4) is 0 Å². The standard InChI is InChI=1S/C19H20F2N4O3/c1-11(18(27)25-9-7-19(5-6-19)8-10-25)22-16(26)15-23-17(28-24-15)12-3-2-4-13(20)14(12)21/h2-4,11H,5-10H2,1H3,(H,22,26)/t11-/m1/s1. The van der Waals surface area contributed by atoms with E-state index in [1.807, 2.05) is 0 Å². The first-order chi connectivity index (χ1) is 13.4. The van der Waals surface area contributed by atoms with E-state index in [9.17, 15) is 18.4 Å². The highest BCUT2D eigenvalue weighted by molar-refractivity contribution is 5.94. The van der Waals surface area contributed by atoms with Crippen LogP contribution in [0.2, 0.25) is 0 Å². The van der Waals surface area contributed by atoms with Crippen LogP contribution in [0.5, 0.6) is 0 Å². The highest BCUT2D eigenvalue weighted by atomic mass is 19.2. The Morgan fingerprint density at radius 1 is 1.21 bits per heavy atom. The molecule has 1 aromatic heterocycles. The van der Waals surface area contributed by atoms with Crippen LogP contribution in [-0.4, -0.2) is 46.0 Å². The molecule has 7 nitrogen and oxygen atoms in total. The third kappa shape index (κ3) is 3.48. The van der Waals surface area contributed by atoms with Crippen molar-refractivity contribution >= 4 is 11.8 Å². The molecule has 2 aliphatic rings. The van der Waals surface area contributed by atoms with Crippen molar-refractivity contribution < 1.29 is 22.9 Å². The molecule has 0 unspecified atom stereocenters. The zero-order valence-corrected chi connectivity index (χ0v) is 15.4. The van der Waals surface area contributed by atoms with Crippen LogP contribution in [-0.2, 0) is 4.79 Å². The number of aromatic nitrogens is 2. The number of rotatable bonds is 4. The van der Waals surface area contributed by atoms with Gasteiger partial charge in [0.05, 0.1) is 5.56 Å². The molecule has 9 heteroatoms. The first kappa shape index (κ1) is 18.5. The Bertz CT molecular complexity index is 916. The summed E-state index contributed by atoms with van der Waals surface area (Å²) in [6.07, 6.45) is 4.50. The molecule has 1 aliphatic carbocycles. The molecule has 1 saturated carbocycles. The van der Waals surface area contributed by atoms with Crippen LogP contribution in [0.15, 0.2) is 22.7 Å². The molecule has 1 aliphatic heterocycles. The van der Waals surface area contributed by atoms with Crippen molar-refractivity contribution in [2.24, 2.45) is 5.41 Å². The van der Waals surface area contributed by atoms with Crippen molar-refractivity contribution in [2.45, 2.75) is 38.6 Å². The predicted molar refractivity (Wildman–Crippen MR) is 94.1 cm³/mol. The molecule has 2 amide bonds. The smallest absolute Gasteiger partial charge is 0.293 e. The Kier molecular flexibility index (Phi) is 4.60. The van der Waals surface area contributed by atoms with Crippen LogP contribution < -0.4 is 5.32 Å². The Morgan fingerprint density at radius 3 is 2.61 bits per heavy atom. The van der Waals surface area contributed by atoms with Crippen LogP contribution in [0.1, 0.15) is 43.2 Å². The maximum absolute atomic E-state index is 13.8. The van der Waals surface area contributed by atoms with E-state index in [0.717, 1.165) is 18.9 Å². The van der Waals surface area contributed by atoms with Crippen molar-refractivity contribution in [1.82, 2.24) is 20.4 Å². The molecule has 0 bridgehead atoms. The second-order valence-electron chi connectivity index (χ2n) is 7.54. The number of hydrogen-bond acceptors (Lipinski definition) is 5. The number of nitrogens with zero attached hydrogens (tertiary/aromatic N) is 3. The summed E-state index contributed by atoms with van der Waals surface area (Å²) in [4.78, 5) is 30.5. The van der Waals surface area contributed by atoms with Crippen molar-refractivity contribution in [3.8, 4) is 11.5 Å². The van der Waals surface area contributed by atoms with Gasteiger partial charge >= 0.3 is 0 Å². The first-order valence-corrected chi connectivity index (χ1v) is 9.26. The number of likely N-dealkylation sites (tertiary alicyclic amines) is 1. The summed E-state index contributed by atoms with van der Waals surface area (Å²) >= 11 is 0. The van der Waals surface area contributed by atoms with Gasteiger partial charge in [-0.25, -0.2) is 8.78 Å². The van der Waals surface area contributed by atoms with E-state index in [1.165, 1.54) is 25.0 Å². The van der Waals surface area contributed by atoms with E-state index in [1.54, 1.807) is 11.8 Å². The molecule has 0 radical (unpaired) electrons. The van der Waals surface area contributed by atoms with Gasteiger partial charge < -0.3 is 14.7 Å². The second kappa shape index (κ2) is 6.96. The SMILES string of the molecule is C[C@@H](NC(=O)c1noc(-c2cccc(F)c2F)n1)C(=O)N1CCC2(CC1)CC2. The van der Waals surface area contributed by atoms with Gasteiger partial charge in [0.15, 0.2) is 11.6 Å². The van der Waals surface area contributed by atoms with Gasteiger partial charge in [0.1, 0.15) is 6.04 Å². The average molecular weight is 390 g/mol. The fraction of sp³-hybridized carbons (Fsp3) is 0.474. The minimum absolute atomic E-state index is 0.163. The highest BCUT2D eigenvalue weighted by Gasteiger charge is 2.45. The number of piperidine rings is 1. The third-order valence-electron chi connectivity index (χ3n) is 5.62. The first-order valence-electron chi connectivity index (χ1n) is 9.26. The minimum atomic E-state index is -1.14. The van der Waals surface area contributed by atoms with Gasteiger partial charge in [-0.15, -0.1) is 0 Å². The Balaban J connectivity index is 1.39. The molecule has 1 saturated heterocycles. The fourth-order valence-corrected chi connectivity index (χ4v) is 3.57. The molecule has 2 heterocycles. The normalized spacial score (nSPS) is 18.8. The van der Waals surface area contributed by atoms with Crippen LogP contribution in [0.25, 0.3) is 11.5 Å².